The minimum absolute atomic E-state index is 0.220. The second kappa shape index (κ2) is 5.93. The van der Waals surface area contributed by atoms with Crippen LogP contribution in [0.5, 0.6) is 0 Å². The Morgan fingerprint density at radius 1 is 1.18 bits per heavy atom. The zero-order valence-electron chi connectivity index (χ0n) is 11.5. The Kier molecular flexibility index (Phi) is 3.98. The normalized spacial score (nSPS) is 17.4. The summed E-state index contributed by atoms with van der Waals surface area (Å²) in [5.74, 6) is -0.722. The van der Waals surface area contributed by atoms with E-state index in [1.54, 1.807) is 18.2 Å². The van der Waals surface area contributed by atoms with Crippen LogP contribution in [0, 0.1) is 0 Å². The first-order valence-electron chi connectivity index (χ1n) is 6.75. The van der Waals surface area contributed by atoms with Crippen molar-refractivity contribution in [2.75, 3.05) is 10.2 Å². The number of alkyl halides is 2. The van der Waals surface area contributed by atoms with E-state index in [2.05, 4.69) is 5.32 Å². The van der Waals surface area contributed by atoms with E-state index in [1.165, 1.54) is 4.90 Å². The van der Waals surface area contributed by atoms with Crippen LogP contribution >= 0.6 is 11.6 Å². The fraction of sp³-hybridized carbons (Fsp3) is 0.188. The third-order valence-electron chi connectivity index (χ3n) is 3.56. The van der Waals surface area contributed by atoms with Crippen molar-refractivity contribution in [3.8, 4) is 0 Å². The zero-order chi connectivity index (χ0) is 15.7. The third kappa shape index (κ3) is 2.76. The number of fused-ring (bicyclic) bond motifs is 1. The highest BCUT2D eigenvalue weighted by Gasteiger charge is 2.39. The molecule has 2 aromatic rings. The summed E-state index contributed by atoms with van der Waals surface area (Å²) in [5.41, 5.74) is 1.84. The van der Waals surface area contributed by atoms with Gasteiger partial charge in [0.05, 0.1) is 11.4 Å². The molecule has 1 aliphatic rings. The van der Waals surface area contributed by atoms with Crippen LogP contribution in [0.4, 0.5) is 20.2 Å². The number of hydrogen-bond acceptors (Lipinski definition) is 2. The van der Waals surface area contributed by atoms with E-state index in [1.807, 2.05) is 30.3 Å². The maximum absolute atomic E-state index is 13.4. The molecule has 1 atom stereocenters. The summed E-state index contributed by atoms with van der Waals surface area (Å²) in [4.78, 5) is 13.5. The maximum Gasteiger partial charge on any atom is 0.267 e. The monoisotopic (exact) mass is 322 g/mol. The van der Waals surface area contributed by atoms with Crippen LogP contribution in [0.25, 0.3) is 0 Å². The summed E-state index contributed by atoms with van der Waals surface area (Å²) in [7, 11) is 0. The highest BCUT2D eigenvalue weighted by atomic mass is 35.5. The van der Waals surface area contributed by atoms with E-state index in [4.69, 9.17) is 11.6 Å². The van der Waals surface area contributed by atoms with Gasteiger partial charge in [-0.1, -0.05) is 41.9 Å². The number of carbonyl (C=O) groups is 1. The number of amides is 1. The van der Waals surface area contributed by atoms with Crippen LogP contribution < -0.4 is 10.2 Å². The molecule has 6 heteroatoms. The number of hydrogen-bond donors (Lipinski definition) is 1. The van der Waals surface area contributed by atoms with Crippen molar-refractivity contribution in [2.24, 2.45) is 0 Å². The average Bonchev–Trinajstić information content (AvgIpc) is 2.47. The molecule has 1 amide bonds. The maximum atomic E-state index is 13.4. The predicted molar refractivity (Wildman–Crippen MR) is 82.5 cm³/mol. The van der Waals surface area contributed by atoms with Crippen LogP contribution in [0.3, 0.4) is 0 Å². The van der Waals surface area contributed by atoms with Crippen molar-refractivity contribution in [3.05, 3.63) is 59.1 Å². The molecule has 22 heavy (non-hydrogen) atoms. The third-order valence-corrected chi connectivity index (χ3v) is 3.80. The van der Waals surface area contributed by atoms with Gasteiger partial charge >= 0.3 is 0 Å². The van der Waals surface area contributed by atoms with Gasteiger partial charge in [-0.25, -0.2) is 8.78 Å². The number of benzene rings is 2. The van der Waals surface area contributed by atoms with Gasteiger partial charge in [-0.15, -0.1) is 0 Å². The number of rotatable bonds is 3. The summed E-state index contributed by atoms with van der Waals surface area (Å²) >= 11 is 5.91. The molecule has 0 bridgehead atoms. The topological polar surface area (TPSA) is 32.3 Å². The Hall–Kier alpha value is -2.14. The molecule has 0 saturated heterocycles. The lowest BCUT2D eigenvalue weighted by Crippen LogP contribution is -2.51. The molecular weight excluding hydrogens is 310 g/mol. The van der Waals surface area contributed by atoms with Gasteiger partial charge < -0.3 is 10.2 Å². The van der Waals surface area contributed by atoms with Gasteiger partial charge in [0.15, 0.2) is 6.04 Å². The number of nitrogens with one attached hydrogen (secondary N) is 1. The highest BCUT2D eigenvalue weighted by Crippen LogP contribution is 2.36. The average molecular weight is 323 g/mol. The van der Waals surface area contributed by atoms with Crippen molar-refractivity contribution in [1.29, 1.82) is 0 Å². The Bertz CT molecular complexity index is 694. The van der Waals surface area contributed by atoms with Gasteiger partial charge in [0.25, 0.3) is 12.3 Å². The first-order chi connectivity index (χ1) is 10.6. The van der Waals surface area contributed by atoms with Gasteiger partial charge in [0.1, 0.15) is 0 Å². The van der Waals surface area contributed by atoms with E-state index in [0.29, 0.717) is 16.4 Å². The van der Waals surface area contributed by atoms with Crippen molar-refractivity contribution < 1.29 is 13.6 Å². The Morgan fingerprint density at radius 3 is 2.59 bits per heavy atom. The summed E-state index contributed by atoms with van der Waals surface area (Å²) < 4.78 is 26.7. The highest BCUT2D eigenvalue weighted by molar-refractivity contribution is 6.31. The molecule has 1 aliphatic heterocycles. The second-order valence-electron chi connectivity index (χ2n) is 5.04. The van der Waals surface area contributed by atoms with E-state index >= 15 is 0 Å². The van der Waals surface area contributed by atoms with Gasteiger partial charge in [0, 0.05) is 11.6 Å². The standard InChI is InChI=1S/C16H13ClF2N2O/c17-11-6-7-13-12(8-11)20-16(22)14(15(18)19)21(13)9-10-4-2-1-3-5-10/h1-8,14-15H,9H2,(H,20,22). The smallest absolute Gasteiger partial charge is 0.267 e. The van der Waals surface area contributed by atoms with Crippen molar-refractivity contribution in [2.45, 2.75) is 19.0 Å². The van der Waals surface area contributed by atoms with Gasteiger partial charge in [-0.3, -0.25) is 4.79 Å². The van der Waals surface area contributed by atoms with Crippen LogP contribution in [-0.2, 0) is 11.3 Å². The summed E-state index contributed by atoms with van der Waals surface area (Å²) in [6, 6.07) is 12.5. The Morgan fingerprint density at radius 2 is 1.91 bits per heavy atom. The molecule has 114 valence electrons. The molecule has 0 aliphatic carbocycles. The van der Waals surface area contributed by atoms with Crippen LogP contribution in [0.1, 0.15) is 5.56 Å². The molecule has 1 N–H and O–H groups in total. The van der Waals surface area contributed by atoms with Crippen LogP contribution in [0.15, 0.2) is 48.5 Å². The number of carbonyl (C=O) groups excluding carboxylic acids is 1. The lowest BCUT2D eigenvalue weighted by molar-refractivity contribution is -0.120. The molecule has 0 saturated carbocycles. The largest absolute Gasteiger partial charge is 0.349 e. The summed E-state index contributed by atoms with van der Waals surface area (Å²) in [6.45, 7) is 0.220. The van der Waals surface area contributed by atoms with Gasteiger partial charge in [-0.2, -0.15) is 0 Å². The van der Waals surface area contributed by atoms with Gasteiger partial charge in [0.2, 0.25) is 0 Å². The Balaban J connectivity index is 2.03. The summed E-state index contributed by atoms with van der Waals surface area (Å²) in [6.07, 6.45) is -2.78. The Labute approximate surface area is 131 Å². The lowest BCUT2D eigenvalue weighted by atomic mass is 10.1. The molecule has 1 unspecified atom stereocenters. The molecule has 2 aromatic carbocycles. The van der Waals surface area contributed by atoms with Crippen molar-refractivity contribution in [3.63, 3.8) is 0 Å². The molecule has 0 radical (unpaired) electrons. The first kappa shape index (κ1) is 14.8. The SMILES string of the molecule is O=C1Nc2cc(Cl)ccc2N(Cc2ccccc2)C1C(F)F. The van der Waals surface area contributed by atoms with E-state index in [0.717, 1.165) is 5.56 Å². The number of nitrogens with zero attached hydrogens (tertiary/aromatic N) is 1. The van der Waals surface area contributed by atoms with Crippen molar-refractivity contribution >= 4 is 28.9 Å². The second-order valence-corrected chi connectivity index (χ2v) is 5.48. The molecule has 0 aromatic heterocycles. The minimum Gasteiger partial charge on any atom is -0.349 e. The fourth-order valence-electron chi connectivity index (χ4n) is 2.57. The predicted octanol–water partition coefficient (Wildman–Crippen LogP) is 3.93. The van der Waals surface area contributed by atoms with Gasteiger partial charge in [-0.05, 0) is 23.8 Å². The lowest BCUT2D eigenvalue weighted by Gasteiger charge is -2.37. The number of halogens is 3. The van der Waals surface area contributed by atoms with E-state index in [9.17, 15) is 13.6 Å². The number of anilines is 2. The molecular formula is C16H13ClF2N2O. The molecule has 3 nitrogen and oxygen atoms in total. The molecule has 1 heterocycles. The van der Waals surface area contributed by atoms with Crippen LogP contribution in [-0.4, -0.2) is 18.4 Å². The molecule has 0 spiro atoms. The summed E-state index contributed by atoms with van der Waals surface area (Å²) in [5, 5.41) is 2.94. The first-order valence-corrected chi connectivity index (χ1v) is 7.13. The fourth-order valence-corrected chi connectivity index (χ4v) is 2.74. The zero-order valence-corrected chi connectivity index (χ0v) is 12.2. The quantitative estimate of drug-likeness (QED) is 0.928. The molecule has 3 rings (SSSR count). The van der Waals surface area contributed by atoms with Crippen molar-refractivity contribution in [1.82, 2.24) is 0 Å². The minimum atomic E-state index is -2.78. The van der Waals surface area contributed by atoms with Crippen LogP contribution in [0.2, 0.25) is 5.02 Å². The van der Waals surface area contributed by atoms with E-state index in [-0.39, 0.29) is 6.54 Å². The molecule has 0 fully saturated rings. The van der Waals surface area contributed by atoms with E-state index < -0.39 is 18.4 Å².